The number of aliphatic hydroxyl groups is 1. The number of aromatic nitrogens is 2. The van der Waals surface area contributed by atoms with Gasteiger partial charge in [-0.3, -0.25) is 9.48 Å². The van der Waals surface area contributed by atoms with Crippen LogP contribution in [0.3, 0.4) is 0 Å². The summed E-state index contributed by atoms with van der Waals surface area (Å²) in [6.07, 6.45) is 0.869. The summed E-state index contributed by atoms with van der Waals surface area (Å²) in [7, 11) is 0. The number of rotatable bonds is 3. The van der Waals surface area contributed by atoms with Crippen LogP contribution in [0.25, 0.3) is 0 Å². The minimum Gasteiger partial charge on any atom is -0.391 e. The molecule has 1 heterocycles. The highest BCUT2D eigenvalue weighted by Crippen LogP contribution is 2.12. The minimum atomic E-state index is -0.623. The van der Waals surface area contributed by atoms with E-state index in [1.165, 1.54) is 10.9 Å². The highest BCUT2D eigenvalue weighted by molar-refractivity contribution is 6.32. The molecule has 1 atom stereocenters. The smallest absolute Gasteiger partial charge is 0.253 e. The van der Waals surface area contributed by atoms with Gasteiger partial charge in [0, 0.05) is 6.20 Å². The lowest BCUT2D eigenvalue weighted by Crippen LogP contribution is -2.13. The molecule has 0 spiro atoms. The number of primary amides is 1. The number of carbonyl (C=O) groups is 1. The van der Waals surface area contributed by atoms with Crippen molar-refractivity contribution in [1.82, 2.24) is 9.78 Å². The van der Waals surface area contributed by atoms with Crippen molar-refractivity contribution in [3.05, 3.63) is 16.9 Å². The van der Waals surface area contributed by atoms with Gasteiger partial charge in [0.05, 0.1) is 18.2 Å². The van der Waals surface area contributed by atoms with E-state index in [0.717, 1.165) is 0 Å². The molecule has 1 aromatic rings. The highest BCUT2D eigenvalue weighted by Gasteiger charge is 2.12. The van der Waals surface area contributed by atoms with Gasteiger partial charge >= 0.3 is 0 Å². The van der Waals surface area contributed by atoms with Gasteiger partial charge in [-0.05, 0) is 6.92 Å². The van der Waals surface area contributed by atoms with Crippen molar-refractivity contribution in [2.45, 2.75) is 19.6 Å². The van der Waals surface area contributed by atoms with Crippen LogP contribution in [-0.2, 0) is 6.54 Å². The van der Waals surface area contributed by atoms with Crippen molar-refractivity contribution < 1.29 is 9.90 Å². The lowest BCUT2D eigenvalue weighted by Gasteiger charge is -2.02. The second kappa shape index (κ2) is 3.76. The summed E-state index contributed by atoms with van der Waals surface area (Å²) in [5, 5.41) is 12.9. The van der Waals surface area contributed by atoms with Crippen LogP contribution in [0.4, 0.5) is 0 Å². The second-order valence-corrected chi connectivity index (χ2v) is 3.13. The van der Waals surface area contributed by atoms with E-state index in [0.29, 0.717) is 0 Å². The molecule has 0 saturated carbocycles. The molecule has 0 aromatic carbocycles. The van der Waals surface area contributed by atoms with Crippen molar-refractivity contribution in [2.24, 2.45) is 5.73 Å². The molecule has 0 bridgehead atoms. The molecule has 0 aliphatic heterocycles. The SMILES string of the molecule is C[C@@H](O)Cn1cc(C(N)=O)c(Cl)n1. The summed E-state index contributed by atoms with van der Waals surface area (Å²) >= 11 is 5.61. The Labute approximate surface area is 80.1 Å². The molecule has 1 rings (SSSR count). The number of amides is 1. The number of nitrogens with two attached hydrogens (primary N) is 1. The first-order valence-corrected chi connectivity index (χ1v) is 4.09. The van der Waals surface area contributed by atoms with E-state index in [1.54, 1.807) is 6.92 Å². The Balaban J connectivity index is 2.89. The minimum absolute atomic E-state index is 0.0631. The largest absolute Gasteiger partial charge is 0.391 e. The number of carbonyl (C=O) groups excluding carboxylic acids is 1. The number of nitrogens with zero attached hydrogens (tertiary/aromatic N) is 2. The Bertz CT molecular complexity index is 322. The Morgan fingerprint density at radius 3 is 2.92 bits per heavy atom. The lowest BCUT2D eigenvalue weighted by atomic mass is 10.3. The van der Waals surface area contributed by atoms with Crippen molar-refractivity contribution in [2.75, 3.05) is 0 Å². The molecule has 0 aliphatic rings. The molecule has 1 amide bonds. The summed E-state index contributed by atoms with van der Waals surface area (Å²) in [5.74, 6) is -0.623. The summed E-state index contributed by atoms with van der Waals surface area (Å²) in [4.78, 5) is 10.7. The zero-order valence-corrected chi connectivity index (χ0v) is 7.82. The van der Waals surface area contributed by atoms with Gasteiger partial charge in [0.25, 0.3) is 5.91 Å². The van der Waals surface area contributed by atoms with Gasteiger partial charge in [-0.2, -0.15) is 5.10 Å². The van der Waals surface area contributed by atoms with Gasteiger partial charge in [-0.15, -0.1) is 0 Å². The van der Waals surface area contributed by atoms with Crippen molar-refractivity contribution in [3.63, 3.8) is 0 Å². The van der Waals surface area contributed by atoms with Crippen LogP contribution in [-0.4, -0.2) is 26.9 Å². The van der Waals surface area contributed by atoms with Crippen molar-refractivity contribution >= 4 is 17.5 Å². The number of hydrogen-bond acceptors (Lipinski definition) is 3. The molecule has 0 aliphatic carbocycles. The van der Waals surface area contributed by atoms with Crippen LogP contribution in [0.2, 0.25) is 5.15 Å². The van der Waals surface area contributed by atoms with E-state index in [9.17, 15) is 4.79 Å². The number of aliphatic hydroxyl groups excluding tert-OH is 1. The van der Waals surface area contributed by atoms with E-state index >= 15 is 0 Å². The van der Waals surface area contributed by atoms with E-state index < -0.39 is 12.0 Å². The van der Waals surface area contributed by atoms with Gasteiger partial charge in [-0.1, -0.05) is 11.6 Å². The van der Waals surface area contributed by atoms with Crippen LogP contribution in [0, 0.1) is 0 Å². The summed E-state index contributed by atoms with van der Waals surface area (Å²) in [5.41, 5.74) is 5.19. The molecule has 72 valence electrons. The average molecular weight is 204 g/mol. The van der Waals surface area contributed by atoms with E-state index in [4.69, 9.17) is 22.4 Å². The molecule has 3 N–H and O–H groups in total. The summed E-state index contributed by atoms with van der Waals surface area (Å²) in [6, 6.07) is 0. The molecule has 6 heteroatoms. The van der Waals surface area contributed by atoms with Crippen molar-refractivity contribution in [3.8, 4) is 0 Å². The fourth-order valence-electron chi connectivity index (χ4n) is 0.927. The van der Waals surface area contributed by atoms with Gasteiger partial charge in [-0.25, -0.2) is 0 Å². The van der Waals surface area contributed by atoms with Gasteiger partial charge in [0.2, 0.25) is 0 Å². The molecular formula is C7H10ClN3O2. The van der Waals surface area contributed by atoms with E-state index in [-0.39, 0.29) is 17.3 Å². The number of halogens is 1. The van der Waals surface area contributed by atoms with Crippen LogP contribution in [0.5, 0.6) is 0 Å². The molecule has 0 radical (unpaired) electrons. The predicted octanol–water partition coefficient (Wildman–Crippen LogP) is 0.0162. The highest BCUT2D eigenvalue weighted by atomic mass is 35.5. The number of hydrogen-bond donors (Lipinski definition) is 2. The second-order valence-electron chi connectivity index (χ2n) is 2.77. The van der Waals surface area contributed by atoms with Gasteiger partial charge < -0.3 is 10.8 Å². The normalized spacial score (nSPS) is 12.8. The maximum Gasteiger partial charge on any atom is 0.253 e. The molecule has 0 unspecified atom stereocenters. The Hall–Kier alpha value is -1.07. The maximum absolute atomic E-state index is 10.7. The lowest BCUT2D eigenvalue weighted by molar-refractivity contribution is 0.1000. The van der Waals surface area contributed by atoms with Crippen LogP contribution < -0.4 is 5.73 Å². The first-order valence-electron chi connectivity index (χ1n) is 3.71. The maximum atomic E-state index is 10.7. The summed E-state index contributed by atoms with van der Waals surface area (Å²) in [6.45, 7) is 1.90. The average Bonchev–Trinajstić information content (AvgIpc) is 2.29. The Morgan fingerprint density at radius 2 is 2.54 bits per heavy atom. The molecule has 1 aromatic heterocycles. The molecule has 13 heavy (non-hydrogen) atoms. The zero-order chi connectivity index (χ0) is 10.0. The third-order valence-corrected chi connectivity index (χ3v) is 1.71. The Morgan fingerprint density at radius 1 is 1.92 bits per heavy atom. The first-order chi connectivity index (χ1) is 6.00. The third-order valence-electron chi connectivity index (χ3n) is 1.43. The molecule has 0 fully saturated rings. The monoisotopic (exact) mass is 203 g/mol. The fraction of sp³-hybridized carbons (Fsp3) is 0.429. The molecular weight excluding hydrogens is 194 g/mol. The fourth-order valence-corrected chi connectivity index (χ4v) is 1.17. The van der Waals surface area contributed by atoms with Crippen LogP contribution in [0.15, 0.2) is 6.20 Å². The quantitative estimate of drug-likeness (QED) is 0.727. The molecule has 0 saturated heterocycles. The summed E-state index contributed by atoms with van der Waals surface area (Å²) < 4.78 is 1.38. The topological polar surface area (TPSA) is 81.1 Å². The van der Waals surface area contributed by atoms with Gasteiger partial charge in [0.15, 0.2) is 5.15 Å². The van der Waals surface area contributed by atoms with Crippen LogP contribution >= 0.6 is 11.6 Å². The van der Waals surface area contributed by atoms with E-state index in [1.807, 2.05) is 0 Å². The van der Waals surface area contributed by atoms with E-state index in [2.05, 4.69) is 5.10 Å². The van der Waals surface area contributed by atoms with Gasteiger partial charge in [0.1, 0.15) is 0 Å². The zero-order valence-electron chi connectivity index (χ0n) is 7.07. The van der Waals surface area contributed by atoms with Crippen molar-refractivity contribution in [1.29, 1.82) is 0 Å². The third kappa shape index (κ3) is 2.43. The molecule has 5 nitrogen and oxygen atoms in total. The predicted molar refractivity (Wildman–Crippen MR) is 47.4 cm³/mol. The first kappa shape index (κ1) is 10.0. The van der Waals surface area contributed by atoms with Crippen LogP contribution in [0.1, 0.15) is 17.3 Å². The Kier molecular flexibility index (Phi) is 2.90. The standard InChI is InChI=1S/C7H10ClN3O2/c1-4(12)2-11-3-5(7(9)13)6(8)10-11/h3-4,12H,2H2,1H3,(H2,9,13)/t4-/m1/s1.